The highest BCUT2D eigenvalue weighted by Crippen LogP contribution is 2.45. The summed E-state index contributed by atoms with van der Waals surface area (Å²) in [6.45, 7) is 1.26. The Balaban J connectivity index is 1.98. The molecule has 1 aliphatic heterocycles. The molecule has 0 unspecified atom stereocenters. The summed E-state index contributed by atoms with van der Waals surface area (Å²) in [5.74, 6) is 2.35. The van der Waals surface area contributed by atoms with Gasteiger partial charge in [0.2, 0.25) is 0 Å². The third-order valence-electron chi connectivity index (χ3n) is 3.09. The highest BCUT2D eigenvalue weighted by atomic mass is 16.6. The summed E-state index contributed by atoms with van der Waals surface area (Å²) in [6.07, 6.45) is 2.48. The number of para-hydroxylation sites is 1. The first-order chi connectivity index (χ1) is 7.36. The van der Waals surface area contributed by atoms with Crippen molar-refractivity contribution < 1.29 is 9.47 Å². The maximum Gasteiger partial charge on any atom is 0.166 e. The molecule has 3 rings (SSSR count). The molecule has 1 heterocycles. The molecule has 2 N–H and O–H groups in total. The second kappa shape index (κ2) is 3.42. The predicted octanol–water partition coefficient (Wildman–Crippen LogP) is 1.87. The van der Waals surface area contributed by atoms with E-state index in [9.17, 15) is 0 Å². The Morgan fingerprint density at radius 3 is 2.80 bits per heavy atom. The van der Waals surface area contributed by atoms with E-state index < -0.39 is 0 Å². The molecule has 0 spiro atoms. The second-order valence-corrected chi connectivity index (χ2v) is 4.23. The highest BCUT2D eigenvalue weighted by Gasteiger charge is 2.32. The molecule has 15 heavy (non-hydrogen) atoms. The van der Waals surface area contributed by atoms with Crippen LogP contribution in [0.2, 0.25) is 0 Å². The molecule has 1 aromatic carbocycles. The SMILES string of the molecule is N[C@H](c1cccc2c1OCCO2)C1CC1. The van der Waals surface area contributed by atoms with Crippen LogP contribution in [-0.2, 0) is 0 Å². The Bertz CT molecular complexity index is 374. The predicted molar refractivity (Wildman–Crippen MR) is 57.1 cm³/mol. The Morgan fingerprint density at radius 2 is 2.00 bits per heavy atom. The van der Waals surface area contributed by atoms with E-state index in [-0.39, 0.29) is 6.04 Å². The van der Waals surface area contributed by atoms with Crippen molar-refractivity contribution in [1.29, 1.82) is 0 Å². The number of rotatable bonds is 2. The maximum atomic E-state index is 6.19. The first-order valence-electron chi connectivity index (χ1n) is 5.50. The van der Waals surface area contributed by atoms with Crippen molar-refractivity contribution in [2.75, 3.05) is 13.2 Å². The Kier molecular flexibility index (Phi) is 2.06. The van der Waals surface area contributed by atoms with E-state index in [2.05, 4.69) is 6.07 Å². The Morgan fingerprint density at radius 1 is 1.20 bits per heavy atom. The molecule has 0 saturated heterocycles. The summed E-state index contributed by atoms with van der Waals surface area (Å²) in [5.41, 5.74) is 7.30. The molecule has 1 saturated carbocycles. The number of ether oxygens (including phenoxy) is 2. The third-order valence-corrected chi connectivity index (χ3v) is 3.09. The van der Waals surface area contributed by atoms with E-state index >= 15 is 0 Å². The van der Waals surface area contributed by atoms with Crippen LogP contribution in [0.3, 0.4) is 0 Å². The molecular formula is C12H15NO2. The van der Waals surface area contributed by atoms with Gasteiger partial charge in [0.1, 0.15) is 13.2 Å². The van der Waals surface area contributed by atoms with E-state index in [4.69, 9.17) is 15.2 Å². The summed E-state index contributed by atoms with van der Waals surface area (Å²) in [7, 11) is 0. The van der Waals surface area contributed by atoms with Crippen LogP contribution in [-0.4, -0.2) is 13.2 Å². The molecule has 0 radical (unpaired) electrons. The maximum absolute atomic E-state index is 6.19. The smallest absolute Gasteiger partial charge is 0.166 e. The summed E-state index contributed by atoms with van der Waals surface area (Å²) in [4.78, 5) is 0. The fraction of sp³-hybridized carbons (Fsp3) is 0.500. The van der Waals surface area contributed by atoms with Crippen molar-refractivity contribution in [3.63, 3.8) is 0 Å². The van der Waals surface area contributed by atoms with E-state index in [0.717, 1.165) is 17.1 Å². The van der Waals surface area contributed by atoms with Gasteiger partial charge < -0.3 is 15.2 Å². The van der Waals surface area contributed by atoms with Crippen LogP contribution in [0, 0.1) is 5.92 Å². The number of nitrogens with two attached hydrogens (primary N) is 1. The van der Waals surface area contributed by atoms with Crippen molar-refractivity contribution in [3.8, 4) is 11.5 Å². The number of fused-ring (bicyclic) bond motifs is 1. The van der Waals surface area contributed by atoms with Gasteiger partial charge in [-0.1, -0.05) is 12.1 Å². The molecule has 1 atom stereocenters. The lowest BCUT2D eigenvalue weighted by Gasteiger charge is -2.23. The van der Waals surface area contributed by atoms with Crippen molar-refractivity contribution >= 4 is 0 Å². The minimum absolute atomic E-state index is 0.113. The van der Waals surface area contributed by atoms with Gasteiger partial charge in [-0.05, 0) is 24.8 Å². The summed E-state index contributed by atoms with van der Waals surface area (Å²) < 4.78 is 11.2. The molecule has 1 aliphatic carbocycles. The molecule has 1 aromatic rings. The zero-order chi connectivity index (χ0) is 10.3. The van der Waals surface area contributed by atoms with Gasteiger partial charge in [-0.25, -0.2) is 0 Å². The standard InChI is InChI=1S/C12H15NO2/c13-11(8-4-5-8)9-2-1-3-10-12(9)15-7-6-14-10/h1-3,8,11H,4-7,13H2/t11-/m0/s1. The van der Waals surface area contributed by atoms with Gasteiger partial charge >= 0.3 is 0 Å². The molecule has 0 aromatic heterocycles. The monoisotopic (exact) mass is 205 g/mol. The van der Waals surface area contributed by atoms with Gasteiger partial charge in [0.15, 0.2) is 11.5 Å². The lowest BCUT2D eigenvalue weighted by atomic mass is 10.0. The van der Waals surface area contributed by atoms with E-state index in [1.54, 1.807) is 0 Å². The first kappa shape index (κ1) is 9.04. The van der Waals surface area contributed by atoms with E-state index in [1.807, 2.05) is 12.1 Å². The van der Waals surface area contributed by atoms with Crippen molar-refractivity contribution in [2.24, 2.45) is 11.7 Å². The topological polar surface area (TPSA) is 44.5 Å². The minimum Gasteiger partial charge on any atom is -0.486 e. The van der Waals surface area contributed by atoms with Crippen molar-refractivity contribution in [1.82, 2.24) is 0 Å². The average Bonchev–Trinajstić information content (AvgIpc) is 3.11. The Labute approximate surface area is 89.2 Å². The minimum atomic E-state index is 0.113. The lowest BCUT2D eigenvalue weighted by molar-refractivity contribution is 0.169. The van der Waals surface area contributed by atoms with Gasteiger partial charge in [0.05, 0.1) is 0 Å². The molecule has 0 bridgehead atoms. The van der Waals surface area contributed by atoms with Crippen LogP contribution in [0.4, 0.5) is 0 Å². The summed E-state index contributed by atoms with van der Waals surface area (Å²) >= 11 is 0. The molecule has 80 valence electrons. The molecular weight excluding hydrogens is 190 g/mol. The summed E-state index contributed by atoms with van der Waals surface area (Å²) in [5, 5.41) is 0. The summed E-state index contributed by atoms with van der Waals surface area (Å²) in [6, 6.07) is 6.10. The van der Waals surface area contributed by atoms with E-state index in [0.29, 0.717) is 19.1 Å². The van der Waals surface area contributed by atoms with E-state index in [1.165, 1.54) is 12.8 Å². The normalized spacial score (nSPS) is 21.1. The van der Waals surface area contributed by atoms with Crippen LogP contribution in [0.25, 0.3) is 0 Å². The molecule has 2 aliphatic rings. The van der Waals surface area contributed by atoms with Gasteiger partial charge in [-0.15, -0.1) is 0 Å². The fourth-order valence-corrected chi connectivity index (χ4v) is 2.07. The van der Waals surface area contributed by atoms with Crippen molar-refractivity contribution in [3.05, 3.63) is 23.8 Å². The molecule has 3 nitrogen and oxygen atoms in total. The van der Waals surface area contributed by atoms with Crippen LogP contribution in [0.1, 0.15) is 24.4 Å². The van der Waals surface area contributed by atoms with Crippen LogP contribution in [0.15, 0.2) is 18.2 Å². The number of benzene rings is 1. The fourth-order valence-electron chi connectivity index (χ4n) is 2.07. The molecule has 3 heteroatoms. The zero-order valence-electron chi connectivity index (χ0n) is 8.61. The molecule has 1 fully saturated rings. The highest BCUT2D eigenvalue weighted by molar-refractivity contribution is 5.49. The van der Waals surface area contributed by atoms with Gasteiger partial charge in [-0.2, -0.15) is 0 Å². The number of hydrogen-bond donors (Lipinski definition) is 1. The van der Waals surface area contributed by atoms with Gasteiger partial charge in [-0.3, -0.25) is 0 Å². The number of hydrogen-bond acceptors (Lipinski definition) is 3. The van der Waals surface area contributed by atoms with Crippen LogP contribution >= 0.6 is 0 Å². The van der Waals surface area contributed by atoms with Crippen LogP contribution < -0.4 is 15.2 Å². The average molecular weight is 205 g/mol. The van der Waals surface area contributed by atoms with Crippen molar-refractivity contribution in [2.45, 2.75) is 18.9 Å². The first-order valence-corrected chi connectivity index (χ1v) is 5.50. The zero-order valence-corrected chi connectivity index (χ0v) is 8.61. The van der Waals surface area contributed by atoms with Gasteiger partial charge in [0, 0.05) is 11.6 Å². The second-order valence-electron chi connectivity index (χ2n) is 4.23. The largest absolute Gasteiger partial charge is 0.486 e. The lowest BCUT2D eigenvalue weighted by Crippen LogP contribution is -2.20. The van der Waals surface area contributed by atoms with Gasteiger partial charge in [0.25, 0.3) is 0 Å². The quantitative estimate of drug-likeness (QED) is 0.801. The van der Waals surface area contributed by atoms with Crippen LogP contribution in [0.5, 0.6) is 11.5 Å². The Hall–Kier alpha value is -1.22. The molecule has 0 amide bonds. The third kappa shape index (κ3) is 1.57.